The van der Waals surface area contributed by atoms with Crippen molar-refractivity contribution >= 4 is 37.3 Å². The molecule has 144 valence electrons. The highest BCUT2D eigenvalue weighted by molar-refractivity contribution is 9.10. The van der Waals surface area contributed by atoms with Crippen LogP contribution in [0.5, 0.6) is 0 Å². The molecule has 27 heavy (non-hydrogen) atoms. The van der Waals surface area contributed by atoms with Gasteiger partial charge in [0.1, 0.15) is 0 Å². The Bertz CT molecular complexity index is 947. The summed E-state index contributed by atoms with van der Waals surface area (Å²) in [6.07, 6.45) is 1.26. The normalized spacial score (nSPS) is 12.4. The smallest absolute Gasteiger partial charge is 0.334 e. The number of benzene rings is 2. The predicted molar refractivity (Wildman–Crippen MR) is 108 cm³/mol. The Morgan fingerprint density at radius 3 is 2.30 bits per heavy atom. The number of carbonyl (C=O) groups excluding carboxylic acids is 1. The van der Waals surface area contributed by atoms with Crippen LogP contribution in [0, 0.1) is 0 Å². The van der Waals surface area contributed by atoms with Crippen LogP contribution in [0.2, 0.25) is 0 Å². The topological polar surface area (TPSA) is 80.7 Å². The summed E-state index contributed by atoms with van der Waals surface area (Å²) >= 11 is 3.43. The Morgan fingerprint density at radius 1 is 1.11 bits per heavy atom. The second-order valence-electron chi connectivity index (χ2n) is 5.85. The third-order valence-electron chi connectivity index (χ3n) is 3.87. The highest BCUT2D eigenvalue weighted by Gasteiger charge is 2.20. The van der Waals surface area contributed by atoms with Crippen molar-refractivity contribution in [3.05, 3.63) is 69.7 Å². The minimum atomic E-state index is -3.33. The van der Waals surface area contributed by atoms with Crippen molar-refractivity contribution < 1.29 is 23.1 Å². The molecule has 0 fully saturated rings. The van der Waals surface area contributed by atoms with Crippen LogP contribution < -0.4 is 0 Å². The number of rotatable bonds is 7. The lowest BCUT2D eigenvalue weighted by Gasteiger charge is -2.16. The molecule has 0 saturated carbocycles. The van der Waals surface area contributed by atoms with Crippen LogP contribution in [0.25, 0.3) is 5.57 Å². The minimum Gasteiger partial charge on any atom is -0.463 e. The molecule has 0 unspecified atom stereocenters. The van der Waals surface area contributed by atoms with Gasteiger partial charge >= 0.3 is 5.97 Å². The van der Waals surface area contributed by atoms with Gasteiger partial charge in [-0.25, -0.2) is 13.2 Å². The molecular formula is C20H21BrO5S. The number of carbonyl (C=O) groups is 1. The van der Waals surface area contributed by atoms with Gasteiger partial charge in [-0.15, -0.1) is 0 Å². The van der Waals surface area contributed by atoms with E-state index in [0.29, 0.717) is 16.7 Å². The van der Waals surface area contributed by atoms with Crippen LogP contribution in [-0.4, -0.2) is 39.0 Å². The van der Waals surface area contributed by atoms with Gasteiger partial charge in [0.2, 0.25) is 0 Å². The summed E-state index contributed by atoms with van der Waals surface area (Å²) < 4.78 is 29.5. The van der Waals surface area contributed by atoms with E-state index in [9.17, 15) is 18.3 Å². The SMILES string of the molecule is CCOC(=O)C(CCO)=C(c1ccc(S(C)(=O)=O)cc1)c1cccc(Br)c1. The first-order valence-electron chi connectivity index (χ1n) is 8.35. The van der Waals surface area contributed by atoms with Gasteiger partial charge in [0, 0.05) is 29.3 Å². The molecule has 0 amide bonds. The average molecular weight is 453 g/mol. The van der Waals surface area contributed by atoms with E-state index < -0.39 is 15.8 Å². The molecule has 2 rings (SSSR count). The van der Waals surface area contributed by atoms with E-state index >= 15 is 0 Å². The van der Waals surface area contributed by atoms with Crippen molar-refractivity contribution in [2.75, 3.05) is 19.5 Å². The monoisotopic (exact) mass is 452 g/mol. The lowest BCUT2D eigenvalue weighted by Crippen LogP contribution is -2.12. The fraction of sp³-hybridized carbons (Fsp3) is 0.250. The van der Waals surface area contributed by atoms with Gasteiger partial charge in [-0.1, -0.05) is 40.2 Å². The summed E-state index contributed by atoms with van der Waals surface area (Å²) in [6.45, 7) is 1.72. The van der Waals surface area contributed by atoms with E-state index in [-0.39, 0.29) is 24.5 Å². The third-order valence-corrected chi connectivity index (χ3v) is 5.49. The van der Waals surface area contributed by atoms with Crippen LogP contribution in [0.15, 0.2) is 63.5 Å². The number of sulfone groups is 1. The number of esters is 1. The van der Waals surface area contributed by atoms with E-state index in [2.05, 4.69) is 15.9 Å². The van der Waals surface area contributed by atoms with Gasteiger partial charge in [0.25, 0.3) is 0 Å². The Kier molecular flexibility index (Phi) is 7.35. The van der Waals surface area contributed by atoms with Gasteiger partial charge in [0.15, 0.2) is 9.84 Å². The van der Waals surface area contributed by atoms with Crippen LogP contribution in [0.4, 0.5) is 0 Å². The van der Waals surface area contributed by atoms with Crippen LogP contribution in [0.1, 0.15) is 24.5 Å². The summed E-state index contributed by atoms with van der Waals surface area (Å²) in [4.78, 5) is 12.7. The molecule has 2 aromatic rings. The number of hydrogen-bond acceptors (Lipinski definition) is 5. The Morgan fingerprint density at radius 2 is 1.78 bits per heavy atom. The first kappa shape index (κ1) is 21.3. The fourth-order valence-electron chi connectivity index (χ4n) is 2.69. The highest BCUT2D eigenvalue weighted by atomic mass is 79.9. The van der Waals surface area contributed by atoms with E-state index in [1.165, 1.54) is 12.1 Å². The molecule has 0 aromatic heterocycles. The van der Waals surface area contributed by atoms with Crippen molar-refractivity contribution in [1.82, 2.24) is 0 Å². The minimum absolute atomic E-state index is 0.120. The first-order chi connectivity index (χ1) is 12.8. The molecule has 1 N–H and O–H groups in total. The number of ether oxygens (including phenoxy) is 1. The molecule has 0 aliphatic carbocycles. The zero-order valence-electron chi connectivity index (χ0n) is 15.1. The summed E-state index contributed by atoms with van der Waals surface area (Å²) in [5.41, 5.74) is 2.36. The quantitative estimate of drug-likeness (QED) is 0.512. The maximum Gasteiger partial charge on any atom is 0.334 e. The zero-order valence-corrected chi connectivity index (χ0v) is 17.5. The lowest BCUT2D eigenvalue weighted by atomic mass is 9.91. The second-order valence-corrected chi connectivity index (χ2v) is 8.79. The lowest BCUT2D eigenvalue weighted by molar-refractivity contribution is -0.138. The summed E-state index contributed by atoms with van der Waals surface area (Å²) in [5, 5.41) is 9.47. The summed E-state index contributed by atoms with van der Waals surface area (Å²) in [7, 11) is -3.33. The van der Waals surface area contributed by atoms with Gasteiger partial charge in [-0.2, -0.15) is 0 Å². The fourth-order valence-corrected chi connectivity index (χ4v) is 3.72. The number of hydrogen-bond donors (Lipinski definition) is 1. The molecule has 0 radical (unpaired) electrons. The van der Waals surface area contributed by atoms with Gasteiger partial charge in [0.05, 0.1) is 11.5 Å². The highest BCUT2D eigenvalue weighted by Crippen LogP contribution is 2.31. The van der Waals surface area contributed by atoms with Crippen molar-refractivity contribution in [2.45, 2.75) is 18.2 Å². The van der Waals surface area contributed by atoms with Crippen molar-refractivity contribution in [1.29, 1.82) is 0 Å². The van der Waals surface area contributed by atoms with Crippen molar-refractivity contribution in [3.63, 3.8) is 0 Å². The van der Waals surface area contributed by atoms with Crippen molar-refractivity contribution in [2.24, 2.45) is 0 Å². The van der Waals surface area contributed by atoms with Gasteiger partial charge in [-0.3, -0.25) is 0 Å². The molecule has 0 bridgehead atoms. The number of aliphatic hydroxyl groups is 1. The molecular weight excluding hydrogens is 432 g/mol. The maximum atomic E-state index is 12.5. The van der Waals surface area contributed by atoms with Gasteiger partial charge < -0.3 is 9.84 Å². The molecule has 0 heterocycles. The number of aliphatic hydroxyl groups excluding tert-OH is 1. The van der Waals surface area contributed by atoms with Crippen LogP contribution in [0.3, 0.4) is 0 Å². The Balaban J connectivity index is 2.72. The van der Waals surface area contributed by atoms with Crippen molar-refractivity contribution in [3.8, 4) is 0 Å². The molecule has 0 aliphatic rings. The Labute approximate surface area is 167 Å². The zero-order chi connectivity index (χ0) is 20.0. The summed E-state index contributed by atoms with van der Waals surface area (Å²) in [5.74, 6) is -0.506. The molecule has 5 nitrogen and oxygen atoms in total. The molecule has 7 heteroatoms. The Hall–Kier alpha value is -1.96. The van der Waals surface area contributed by atoms with Crippen LogP contribution in [-0.2, 0) is 19.4 Å². The summed E-state index contributed by atoms with van der Waals surface area (Å²) in [6, 6.07) is 13.7. The number of halogens is 1. The molecule has 0 spiro atoms. The molecule has 0 atom stereocenters. The largest absolute Gasteiger partial charge is 0.463 e. The maximum absolute atomic E-state index is 12.5. The molecule has 2 aromatic carbocycles. The first-order valence-corrected chi connectivity index (χ1v) is 11.0. The molecule has 0 saturated heterocycles. The van der Waals surface area contributed by atoms with Gasteiger partial charge in [-0.05, 0) is 47.9 Å². The predicted octanol–water partition coefficient (Wildman–Crippen LogP) is 3.60. The third kappa shape index (κ3) is 5.51. The second kappa shape index (κ2) is 9.30. The standard InChI is InChI=1S/C20H21BrO5S/c1-3-26-20(23)18(11-12-22)19(15-5-4-6-16(21)13-15)14-7-9-17(10-8-14)27(2,24)25/h4-10,13,22H,3,11-12H2,1-2H3. The van der Waals surface area contributed by atoms with Crippen LogP contribution >= 0.6 is 15.9 Å². The van der Waals surface area contributed by atoms with E-state index in [4.69, 9.17) is 4.74 Å². The average Bonchev–Trinajstić information content (AvgIpc) is 2.61. The van der Waals surface area contributed by atoms with E-state index in [1.54, 1.807) is 19.1 Å². The van der Waals surface area contributed by atoms with E-state index in [0.717, 1.165) is 16.3 Å². The van der Waals surface area contributed by atoms with E-state index in [1.807, 2.05) is 24.3 Å². The molecule has 0 aliphatic heterocycles.